The maximum Gasteiger partial charge on any atom is 6.00 e. The van der Waals surface area contributed by atoms with Gasteiger partial charge in [-0.15, -0.1) is 0 Å². The first-order valence-electron chi connectivity index (χ1n) is 16.3. The molecule has 0 unspecified atom stereocenters. The fourth-order valence-corrected chi connectivity index (χ4v) is 3.88. The Hall–Kier alpha value is -8.37. The number of carbonyl (C=O) groups excluding carboxylic acids is 6. The van der Waals surface area contributed by atoms with Crippen LogP contribution in [0.5, 0.6) is 34.5 Å². The topological polar surface area (TPSA) is 362 Å². The van der Waals surface area contributed by atoms with Gasteiger partial charge >= 0.3 is 21.1 Å². The second-order valence-electron chi connectivity index (χ2n) is 10.8. The Morgan fingerprint density at radius 1 is 0.246 bits per heavy atom. The van der Waals surface area contributed by atoms with Crippen molar-refractivity contribution in [2.24, 2.45) is 0 Å². The summed E-state index contributed by atoms with van der Waals surface area (Å²) in [6.07, 6.45) is 0. The van der Waals surface area contributed by atoms with Crippen molar-refractivity contribution in [3.05, 3.63) is 179 Å². The average molecular weight is 1010 g/mol. The number of hydrogen-bond acceptors (Lipinski definition) is 18. The molecule has 19 heteroatoms. The van der Waals surface area contributed by atoms with Crippen molar-refractivity contribution in [3.63, 3.8) is 0 Å². The third-order valence-electron chi connectivity index (χ3n) is 6.74. The average Bonchev–Trinajstić information content (AvgIpc) is 3.19. The molecule has 0 bridgehead atoms. The predicted octanol–water partition coefficient (Wildman–Crippen LogP) is -1.47. The Morgan fingerprint density at radius 3 is 0.410 bits per heavy atom. The van der Waals surface area contributed by atoms with Crippen LogP contribution in [-0.4, -0.2) is 66.5 Å². The number of phenols is 6. The Kier molecular flexibility index (Phi) is 23.6. The van der Waals surface area contributed by atoms with E-state index in [4.69, 9.17) is 30.6 Å². The Morgan fingerprint density at radius 2 is 0.344 bits per heavy atom. The van der Waals surface area contributed by atoms with Crippen molar-refractivity contribution in [3.8, 4) is 34.5 Å². The zero-order valence-corrected chi connectivity index (χ0v) is 33.8. The van der Waals surface area contributed by atoms with E-state index in [-0.39, 0.29) is 88.9 Å². The molecule has 0 aromatic heterocycles. The molecule has 0 saturated heterocycles. The van der Waals surface area contributed by atoms with Crippen LogP contribution in [0, 0.1) is 0 Å². The molecule has 18 nitrogen and oxygen atoms in total. The summed E-state index contributed by atoms with van der Waals surface area (Å²) in [6.45, 7) is 0. The maximum absolute atomic E-state index is 10.2. The number of hydrogen-bond donors (Lipinski definition) is 6. The SMILES string of the molecule is O=C([O-])c1ccccc1O.O=C([O-])c1ccccc1O.O=C([O-])c1ccccc1O.O=C([O-])c1ccccc1O.O=C([O-])c1ccccc1O.O=C([O-])c1ccccc1O.[W+6]. The summed E-state index contributed by atoms with van der Waals surface area (Å²) < 4.78 is 0. The summed E-state index contributed by atoms with van der Waals surface area (Å²) in [5.41, 5.74) is -1.07. The van der Waals surface area contributed by atoms with Crippen molar-refractivity contribution >= 4 is 35.8 Å². The van der Waals surface area contributed by atoms with E-state index in [9.17, 15) is 59.4 Å². The number of carbonyl (C=O) groups is 6. The van der Waals surface area contributed by atoms with Crippen LogP contribution < -0.4 is 30.6 Å². The summed E-state index contributed by atoms with van der Waals surface area (Å²) in [4.78, 5) is 60.9. The van der Waals surface area contributed by atoms with Crippen LogP contribution in [-0.2, 0) is 21.1 Å². The van der Waals surface area contributed by atoms with Crippen LogP contribution in [0.3, 0.4) is 0 Å². The minimum atomic E-state index is -1.36. The second-order valence-corrected chi connectivity index (χ2v) is 10.8. The largest absolute Gasteiger partial charge is 6.00 e. The normalized spacial score (nSPS) is 9.05. The molecule has 0 saturated carbocycles. The van der Waals surface area contributed by atoms with Gasteiger partial charge in [0.1, 0.15) is 34.5 Å². The molecule has 61 heavy (non-hydrogen) atoms. The summed E-state index contributed by atoms with van der Waals surface area (Å²) in [6, 6.07) is 33.8. The zero-order chi connectivity index (χ0) is 45.4. The molecule has 0 heterocycles. The first-order chi connectivity index (χ1) is 28.3. The van der Waals surface area contributed by atoms with E-state index >= 15 is 0 Å². The van der Waals surface area contributed by atoms with Crippen LogP contribution in [0.1, 0.15) is 62.1 Å². The van der Waals surface area contributed by atoms with Crippen LogP contribution >= 0.6 is 0 Å². The Bertz CT molecular complexity index is 1970. The van der Waals surface area contributed by atoms with Gasteiger partial charge in [0, 0.05) is 33.4 Å². The fraction of sp³-hybridized carbons (Fsp3) is 0. The fourth-order valence-electron chi connectivity index (χ4n) is 3.88. The van der Waals surface area contributed by atoms with Crippen molar-refractivity contribution < 1.29 is 111 Å². The molecule has 0 aliphatic rings. The van der Waals surface area contributed by atoms with E-state index in [1.165, 1.54) is 109 Å². The monoisotopic (exact) mass is 1010 g/mol. The standard InChI is InChI=1S/6C7H6O3.W/c6*8-6-4-2-1-3-5(6)7(9)10;/h6*1-4,8H,(H,9,10);/q;;;;;;+6/p-6. The second kappa shape index (κ2) is 27.3. The maximum atomic E-state index is 10.2. The van der Waals surface area contributed by atoms with Crippen molar-refractivity contribution in [1.82, 2.24) is 0 Å². The van der Waals surface area contributed by atoms with E-state index in [1.54, 1.807) is 36.4 Å². The molecule has 0 spiro atoms. The van der Waals surface area contributed by atoms with Gasteiger partial charge < -0.3 is 90.0 Å². The number of carboxylic acid groups (broad SMARTS) is 6. The molecule has 0 amide bonds. The van der Waals surface area contributed by atoms with Crippen LogP contribution in [0.25, 0.3) is 0 Å². The van der Waals surface area contributed by atoms with E-state index in [0.29, 0.717) is 0 Å². The van der Waals surface area contributed by atoms with Gasteiger partial charge in [0.15, 0.2) is 0 Å². The quantitative estimate of drug-likeness (QED) is 0.111. The number of rotatable bonds is 6. The first kappa shape index (κ1) is 52.6. The number of benzene rings is 6. The van der Waals surface area contributed by atoms with Gasteiger partial charge in [0.2, 0.25) is 0 Å². The Labute approximate surface area is 359 Å². The molecular formula is C42H30O18W. The van der Waals surface area contributed by atoms with Gasteiger partial charge in [0.25, 0.3) is 0 Å². The number of aromatic hydroxyl groups is 6. The minimum Gasteiger partial charge on any atom is -0.545 e. The van der Waals surface area contributed by atoms with E-state index in [1.807, 2.05) is 0 Å². The van der Waals surface area contributed by atoms with Gasteiger partial charge in [-0.1, -0.05) is 72.8 Å². The zero-order valence-electron chi connectivity index (χ0n) is 30.8. The van der Waals surface area contributed by atoms with Crippen molar-refractivity contribution in [2.75, 3.05) is 0 Å². The van der Waals surface area contributed by atoms with Crippen molar-refractivity contribution in [2.45, 2.75) is 0 Å². The molecule has 0 radical (unpaired) electrons. The Balaban J connectivity index is 0.000000706. The molecule has 6 rings (SSSR count). The summed E-state index contributed by atoms with van der Waals surface area (Å²) in [7, 11) is 0. The molecular weight excluding hydrogens is 976 g/mol. The summed E-state index contributed by atoms with van der Waals surface area (Å²) >= 11 is 0. The van der Waals surface area contributed by atoms with E-state index < -0.39 is 35.8 Å². The van der Waals surface area contributed by atoms with E-state index in [2.05, 4.69) is 0 Å². The predicted molar refractivity (Wildman–Crippen MR) is 195 cm³/mol. The van der Waals surface area contributed by atoms with Crippen LogP contribution in [0.2, 0.25) is 0 Å². The van der Waals surface area contributed by atoms with Crippen molar-refractivity contribution in [1.29, 1.82) is 0 Å². The molecule has 312 valence electrons. The van der Waals surface area contributed by atoms with Gasteiger partial charge in [-0.05, 0) is 72.8 Å². The third kappa shape index (κ3) is 19.1. The summed E-state index contributed by atoms with van der Waals surface area (Å²) in [5.74, 6) is -9.75. The van der Waals surface area contributed by atoms with Gasteiger partial charge in [-0.25, -0.2) is 0 Å². The van der Waals surface area contributed by atoms with Gasteiger partial charge in [-0.3, -0.25) is 0 Å². The van der Waals surface area contributed by atoms with Gasteiger partial charge in [0.05, 0.1) is 35.8 Å². The molecule has 0 atom stereocenters. The molecule has 6 aromatic carbocycles. The summed E-state index contributed by atoms with van der Waals surface area (Å²) in [5, 5.41) is 114. The number of aromatic carboxylic acids is 6. The minimum absolute atomic E-state index is 0. The van der Waals surface area contributed by atoms with E-state index in [0.717, 1.165) is 0 Å². The smallest absolute Gasteiger partial charge is 0.545 e. The van der Waals surface area contributed by atoms with Gasteiger partial charge in [-0.2, -0.15) is 0 Å². The van der Waals surface area contributed by atoms with Crippen LogP contribution in [0.15, 0.2) is 146 Å². The van der Waals surface area contributed by atoms with Crippen LogP contribution in [0.4, 0.5) is 0 Å². The number of carboxylic acids is 6. The molecule has 0 aliphatic carbocycles. The molecule has 0 aliphatic heterocycles. The molecule has 6 N–H and O–H groups in total. The first-order valence-corrected chi connectivity index (χ1v) is 16.3. The molecule has 0 fully saturated rings. The molecule has 6 aromatic rings. The third-order valence-corrected chi connectivity index (χ3v) is 6.74. The number of para-hydroxylation sites is 6.